The number of halogens is 4. The normalized spacial score (nSPS) is 11.5. The van der Waals surface area contributed by atoms with Crippen LogP contribution in [0.15, 0.2) is 48.8 Å². The third-order valence-corrected chi connectivity index (χ3v) is 3.25. The summed E-state index contributed by atoms with van der Waals surface area (Å²) in [5, 5.41) is 6.57. The van der Waals surface area contributed by atoms with Crippen molar-refractivity contribution in [2.24, 2.45) is 0 Å². The first-order valence-electron chi connectivity index (χ1n) is 6.88. The molecule has 3 aromatic rings. The maximum absolute atomic E-state index is 13.2. The molecule has 0 radical (unpaired) electrons. The number of hydrogen-bond donors (Lipinski definition) is 1. The molecule has 4 nitrogen and oxygen atoms in total. The molecule has 0 unspecified atom stereocenters. The van der Waals surface area contributed by atoms with Gasteiger partial charge in [0.1, 0.15) is 18.2 Å². The molecular formula is C16H11F4N3O. The van der Waals surface area contributed by atoms with E-state index in [2.05, 4.69) is 15.2 Å². The summed E-state index contributed by atoms with van der Waals surface area (Å²) in [5.41, 5.74) is 0.286. The number of ether oxygens (including phenoxy) is 1. The van der Waals surface area contributed by atoms with Gasteiger partial charge in [-0.1, -0.05) is 6.07 Å². The van der Waals surface area contributed by atoms with Crippen molar-refractivity contribution in [3.63, 3.8) is 0 Å². The van der Waals surface area contributed by atoms with Crippen molar-refractivity contribution in [2.75, 3.05) is 0 Å². The first-order chi connectivity index (χ1) is 11.4. The Morgan fingerprint density at radius 1 is 1.08 bits per heavy atom. The largest absolute Gasteiger partial charge is 0.487 e. The second kappa shape index (κ2) is 6.31. The fraction of sp³-hybridized carbons (Fsp3) is 0.125. The van der Waals surface area contributed by atoms with Crippen molar-refractivity contribution >= 4 is 0 Å². The Kier molecular flexibility index (Phi) is 4.20. The average molecular weight is 337 g/mol. The summed E-state index contributed by atoms with van der Waals surface area (Å²) < 4.78 is 56.6. The maximum atomic E-state index is 13.2. The number of aromatic nitrogens is 3. The van der Waals surface area contributed by atoms with Crippen LogP contribution in [0.5, 0.6) is 5.75 Å². The van der Waals surface area contributed by atoms with Gasteiger partial charge in [0, 0.05) is 6.20 Å². The van der Waals surface area contributed by atoms with E-state index in [0.717, 1.165) is 17.8 Å². The monoisotopic (exact) mass is 337 g/mol. The molecule has 0 spiro atoms. The molecule has 1 aromatic carbocycles. The van der Waals surface area contributed by atoms with Gasteiger partial charge in [-0.2, -0.15) is 18.3 Å². The van der Waals surface area contributed by atoms with Crippen LogP contribution in [-0.4, -0.2) is 15.2 Å². The summed E-state index contributed by atoms with van der Waals surface area (Å²) in [4.78, 5) is 4.17. The van der Waals surface area contributed by atoms with Crippen LogP contribution in [0.1, 0.15) is 11.1 Å². The van der Waals surface area contributed by atoms with Crippen LogP contribution in [0.25, 0.3) is 11.4 Å². The molecular weight excluding hydrogens is 326 g/mol. The van der Waals surface area contributed by atoms with E-state index >= 15 is 0 Å². The number of nitrogens with one attached hydrogen (secondary N) is 1. The highest BCUT2D eigenvalue weighted by Crippen LogP contribution is 2.32. The van der Waals surface area contributed by atoms with Crippen molar-refractivity contribution in [1.29, 1.82) is 0 Å². The highest BCUT2D eigenvalue weighted by atomic mass is 19.4. The molecule has 0 saturated heterocycles. The van der Waals surface area contributed by atoms with Gasteiger partial charge in [0.05, 0.1) is 23.1 Å². The fourth-order valence-electron chi connectivity index (χ4n) is 2.07. The van der Waals surface area contributed by atoms with Gasteiger partial charge in [-0.25, -0.2) is 4.39 Å². The maximum Gasteiger partial charge on any atom is 0.419 e. The third kappa shape index (κ3) is 3.53. The van der Waals surface area contributed by atoms with E-state index < -0.39 is 17.6 Å². The Bertz CT molecular complexity index is 814. The lowest BCUT2D eigenvalue weighted by Crippen LogP contribution is -2.09. The molecule has 0 atom stereocenters. The zero-order valence-electron chi connectivity index (χ0n) is 12.1. The van der Waals surface area contributed by atoms with E-state index in [4.69, 9.17) is 4.74 Å². The average Bonchev–Trinajstić information content (AvgIpc) is 3.08. The molecule has 0 aliphatic heterocycles. The lowest BCUT2D eigenvalue weighted by Gasteiger charge is -2.11. The molecule has 124 valence electrons. The molecule has 8 heteroatoms. The molecule has 2 heterocycles. The third-order valence-electron chi connectivity index (χ3n) is 3.25. The molecule has 24 heavy (non-hydrogen) atoms. The van der Waals surface area contributed by atoms with Gasteiger partial charge >= 0.3 is 6.18 Å². The van der Waals surface area contributed by atoms with E-state index in [1.165, 1.54) is 12.3 Å². The summed E-state index contributed by atoms with van der Waals surface area (Å²) in [6.45, 7) is -0.131. The Morgan fingerprint density at radius 3 is 2.54 bits per heavy atom. The van der Waals surface area contributed by atoms with Gasteiger partial charge < -0.3 is 4.74 Å². The van der Waals surface area contributed by atoms with Crippen LogP contribution < -0.4 is 4.74 Å². The van der Waals surface area contributed by atoms with E-state index in [1.54, 1.807) is 24.4 Å². The van der Waals surface area contributed by atoms with E-state index in [-0.39, 0.29) is 12.2 Å². The van der Waals surface area contributed by atoms with Gasteiger partial charge in [0.2, 0.25) is 0 Å². The summed E-state index contributed by atoms with van der Waals surface area (Å²) >= 11 is 0. The van der Waals surface area contributed by atoms with Crippen LogP contribution in [0.4, 0.5) is 17.6 Å². The number of benzene rings is 1. The summed E-state index contributed by atoms with van der Waals surface area (Å²) in [6, 6.07) is 7.84. The molecule has 0 bridgehead atoms. The van der Waals surface area contributed by atoms with Crippen LogP contribution in [0, 0.1) is 5.82 Å². The zero-order valence-corrected chi connectivity index (χ0v) is 12.1. The quantitative estimate of drug-likeness (QED) is 0.726. The molecule has 0 amide bonds. The first-order valence-corrected chi connectivity index (χ1v) is 6.88. The zero-order chi connectivity index (χ0) is 17.2. The van der Waals surface area contributed by atoms with Crippen molar-refractivity contribution < 1.29 is 22.3 Å². The van der Waals surface area contributed by atoms with Crippen molar-refractivity contribution in [1.82, 2.24) is 15.2 Å². The van der Waals surface area contributed by atoms with E-state index in [1.807, 2.05) is 0 Å². The SMILES string of the molecule is Fc1ccc(COc2ccc(-c3ccn[nH]3)nc2)cc1C(F)(F)F. The fourth-order valence-corrected chi connectivity index (χ4v) is 2.07. The lowest BCUT2D eigenvalue weighted by molar-refractivity contribution is -0.140. The molecule has 2 aromatic heterocycles. The summed E-state index contributed by atoms with van der Waals surface area (Å²) in [6.07, 6.45) is -1.70. The van der Waals surface area contributed by atoms with Crippen LogP contribution >= 0.6 is 0 Å². The predicted molar refractivity (Wildman–Crippen MR) is 77.6 cm³/mol. The van der Waals surface area contributed by atoms with Crippen LogP contribution in [0.3, 0.4) is 0 Å². The highest BCUT2D eigenvalue weighted by Gasteiger charge is 2.34. The number of hydrogen-bond acceptors (Lipinski definition) is 3. The van der Waals surface area contributed by atoms with Gasteiger partial charge in [-0.15, -0.1) is 0 Å². The molecule has 0 saturated carbocycles. The minimum Gasteiger partial charge on any atom is -0.487 e. The minimum absolute atomic E-state index is 0.131. The second-order valence-corrected chi connectivity index (χ2v) is 4.95. The van der Waals surface area contributed by atoms with Gasteiger partial charge in [-0.3, -0.25) is 10.1 Å². The number of aromatic amines is 1. The van der Waals surface area contributed by atoms with Crippen molar-refractivity contribution in [3.05, 3.63) is 65.7 Å². The lowest BCUT2D eigenvalue weighted by atomic mass is 10.1. The summed E-state index contributed by atoms with van der Waals surface area (Å²) in [7, 11) is 0. The highest BCUT2D eigenvalue weighted by molar-refractivity contribution is 5.53. The van der Waals surface area contributed by atoms with Crippen molar-refractivity contribution in [2.45, 2.75) is 12.8 Å². The Labute approximate surface area is 134 Å². The molecule has 0 aliphatic carbocycles. The van der Waals surface area contributed by atoms with E-state index in [0.29, 0.717) is 11.4 Å². The van der Waals surface area contributed by atoms with Crippen LogP contribution in [-0.2, 0) is 12.8 Å². The number of H-pyrrole nitrogens is 1. The molecule has 0 aliphatic rings. The van der Waals surface area contributed by atoms with E-state index in [9.17, 15) is 17.6 Å². The topological polar surface area (TPSA) is 50.8 Å². The standard InChI is InChI=1S/C16H11F4N3O/c17-13-3-1-10(7-12(13)16(18,19)20)9-24-11-2-4-14(21-8-11)15-5-6-22-23-15/h1-8H,9H2,(H,22,23). The van der Waals surface area contributed by atoms with Crippen molar-refractivity contribution in [3.8, 4) is 17.1 Å². The number of nitrogens with zero attached hydrogens (tertiary/aromatic N) is 2. The number of pyridine rings is 1. The molecule has 3 rings (SSSR count). The Hall–Kier alpha value is -2.90. The first kappa shape index (κ1) is 16.0. The second-order valence-electron chi connectivity index (χ2n) is 4.95. The van der Waals surface area contributed by atoms with Gasteiger partial charge in [0.15, 0.2) is 0 Å². The molecule has 0 fully saturated rings. The Morgan fingerprint density at radius 2 is 1.92 bits per heavy atom. The minimum atomic E-state index is -4.74. The number of alkyl halides is 3. The van der Waals surface area contributed by atoms with Gasteiger partial charge in [-0.05, 0) is 35.9 Å². The van der Waals surface area contributed by atoms with Crippen LogP contribution in [0.2, 0.25) is 0 Å². The number of rotatable bonds is 4. The smallest absolute Gasteiger partial charge is 0.419 e. The summed E-state index contributed by atoms with van der Waals surface area (Å²) in [5.74, 6) is -0.923. The molecule has 1 N–H and O–H groups in total. The Balaban J connectivity index is 1.70. The van der Waals surface area contributed by atoms with Gasteiger partial charge in [0.25, 0.3) is 0 Å². The predicted octanol–water partition coefficient (Wildman–Crippen LogP) is 4.21.